The topological polar surface area (TPSA) is 84.0 Å². The molecular weight excluding hydrogens is 561 g/mol. The van der Waals surface area contributed by atoms with E-state index in [9.17, 15) is 22.7 Å². The number of carbonyl (C=O) groups is 1. The molecule has 1 aliphatic rings. The van der Waals surface area contributed by atoms with Crippen LogP contribution < -0.4 is 4.90 Å². The Bertz CT molecular complexity index is 2000. The molecule has 0 radical (unpaired) electrons. The van der Waals surface area contributed by atoms with Crippen LogP contribution in [0.25, 0.3) is 38.1 Å². The van der Waals surface area contributed by atoms with Gasteiger partial charge in [0, 0.05) is 40.9 Å². The number of nitrogens with zero attached hydrogens (tertiary/aromatic N) is 3. The number of halogens is 1. The molecule has 1 fully saturated rings. The van der Waals surface area contributed by atoms with Gasteiger partial charge in [0.05, 0.1) is 28.1 Å². The monoisotopic (exact) mass is 585 g/mol. The predicted molar refractivity (Wildman–Crippen MR) is 159 cm³/mol. The lowest BCUT2D eigenvalue weighted by molar-refractivity contribution is -0.149. The van der Waals surface area contributed by atoms with Crippen molar-refractivity contribution >= 4 is 48.9 Å². The summed E-state index contributed by atoms with van der Waals surface area (Å²) in [6.07, 6.45) is 0. The van der Waals surface area contributed by atoms with E-state index in [2.05, 4.69) is 4.85 Å². The summed E-state index contributed by atoms with van der Waals surface area (Å²) in [5, 5.41) is 12.1. The van der Waals surface area contributed by atoms with Gasteiger partial charge in [-0.25, -0.2) is 21.6 Å². The van der Waals surface area contributed by atoms with Crippen LogP contribution in [0.4, 0.5) is 15.1 Å². The van der Waals surface area contributed by atoms with E-state index < -0.39 is 27.2 Å². The van der Waals surface area contributed by atoms with Gasteiger partial charge in [0.2, 0.25) is 5.00 Å². The molecule has 0 saturated carbocycles. The summed E-state index contributed by atoms with van der Waals surface area (Å²) in [6, 6.07) is 19.5. The SMILES string of the molecule is [C-]#[N+]c1sccc1-c1c(-c2cccc(N3CC(C)(C(=O)O)C3)c2)n(S(=O)(=O)c2ccc(C)cc2)c2ccc(F)cc12. The largest absolute Gasteiger partial charge is 0.481 e. The van der Waals surface area contributed by atoms with E-state index in [1.165, 1.54) is 33.5 Å². The molecule has 6 rings (SSSR count). The maximum absolute atomic E-state index is 14.7. The minimum atomic E-state index is -4.19. The summed E-state index contributed by atoms with van der Waals surface area (Å²) in [5.74, 6) is -1.40. The van der Waals surface area contributed by atoms with Crippen molar-refractivity contribution in [2.24, 2.45) is 5.41 Å². The predicted octanol–water partition coefficient (Wildman–Crippen LogP) is 7.18. The maximum atomic E-state index is 14.7. The molecule has 0 aliphatic carbocycles. The van der Waals surface area contributed by atoms with Crippen molar-refractivity contribution in [2.45, 2.75) is 18.7 Å². The van der Waals surface area contributed by atoms with Crippen LogP contribution in [0.15, 0.2) is 83.1 Å². The second kappa shape index (κ2) is 9.58. The van der Waals surface area contributed by atoms with Crippen molar-refractivity contribution in [3.63, 3.8) is 0 Å². The molecular formula is C31H24FN3O4S2. The Balaban J connectivity index is 1.67. The number of aromatic nitrogens is 1. The number of hydrogen-bond acceptors (Lipinski definition) is 5. The highest BCUT2D eigenvalue weighted by atomic mass is 32.2. The number of rotatable bonds is 6. The number of carboxylic acids is 1. The Morgan fingerprint density at radius 3 is 2.49 bits per heavy atom. The highest BCUT2D eigenvalue weighted by Gasteiger charge is 2.45. The van der Waals surface area contributed by atoms with Gasteiger partial charge in [0.15, 0.2) is 0 Å². The van der Waals surface area contributed by atoms with Crippen molar-refractivity contribution < 1.29 is 22.7 Å². The van der Waals surface area contributed by atoms with E-state index in [1.54, 1.807) is 54.8 Å². The molecule has 3 heterocycles. The molecule has 0 atom stereocenters. The van der Waals surface area contributed by atoms with Crippen LogP contribution in [0.1, 0.15) is 12.5 Å². The average Bonchev–Trinajstić information content (AvgIpc) is 3.53. The molecule has 0 bridgehead atoms. The fourth-order valence-electron chi connectivity index (χ4n) is 5.38. The van der Waals surface area contributed by atoms with Crippen LogP contribution >= 0.6 is 11.3 Å². The van der Waals surface area contributed by atoms with E-state index in [4.69, 9.17) is 6.57 Å². The number of fused-ring (bicyclic) bond motifs is 1. The molecule has 206 valence electrons. The fourth-order valence-corrected chi connectivity index (χ4v) is 7.61. The minimum Gasteiger partial charge on any atom is -0.481 e. The zero-order chi connectivity index (χ0) is 29.1. The molecule has 1 N–H and O–H groups in total. The third-order valence-corrected chi connectivity index (χ3v) is 10.1. The Morgan fingerprint density at radius 1 is 1.07 bits per heavy atom. The zero-order valence-electron chi connectivity index (χ0n) is 22.1. The fraction of sp³-hybridized carbons (Fsp3) is 0.161. The number of hydrogen-bond donors (Lipinski definition) is 1. The number of aliphatic carboxylic acids is 1. The summed E-state index contributed by atoms with van der Waals surface area (Å²) in [7, 11) is -4.19. The van der Waals surface area contributed by atoms with Crippen LogP contribution in [-0.2, 0) is 14.8 Å². The molecule has 5 aromatic rings. The van der Waals surface area contributed by atoms with Crippen LogP contribution in [0, 0.1) is 24.7 Å². The first-order chi connectivity index (χ1) is 19.5. The van der Waals surface area contributed by atoms with Crippen molar-refractivity contribution in [1.82, 2.24) is 3.97 Å². The lowest BCUT2D eigenvalue weighted by Gasteiger charge is -2.46. The maximum Gasteiger partial charge on any atom is 0.312 e. The van der Waals surface area contributed by atoms with Gasteiger partial charge in [-0.05, 0) is 61.7 Å². The van der Waals surface area contributed by atoms with Crippen molar-refractivity contribution in [2.75, 3.05) is 18.0 Å². The minimum absolute atomic E-state index is 0.0731. The second-order valence-corrected chi connectivity index (χ2v) is 13.2. The third kappa shape index (κ3) is 4.29. The van der Waals surface area contributed by atoms with Crippen molar-refractivity contribution in [1.29, 1.82) is 0 Å². The third-order valence-electron chi connectivity index (χ3n) is 7.54. The Hall–Kier alpha value is -4.46. The summed E-state index contributed by atoms with van der Waals surface area (Å²) in [6.45, 7) is 11.9. The van der Waals surface area contributed by atoms with Crippen molar-refractivity contribution in [3.05, 3.63) is 101 Å². The lowest BCUT2D eigenvalue weighted by atomic mass is 9.81. The average molecular weight is 586 g/mol. The van der Waals surface area contributed by atoms with E-state index in [0.717, 1.165) is 11.3 Å². The second-order valence-electron chi connectivity index (χ2n) is 10.5. The van der Waals surface area contributed by atoms with Gasteiger partial charge in [-0.1, -0.05) is 35.9 Å². The molecule has 7 nitrogen and oxygen atoms in total. The van der Waals surface area contributed by atoms with Gasteiger partial charge in [0.1, 0.15) is 5.82 Å². The van der Waals surface area contributed by atoms with Gasteiger partial charge in [-0.2, -0.15) is 11.3 Å². The highest BCUT2D eigenvalue weighted by molar-refractivity contribution is 7.90. The normalized spacial score (nSPS) is 14.5. The summed E-state index contributed by atoms with van der Waals surface area (Å²) < 4.78 is 44.7. The van der Waals surface area contributed by atoms with Gasteiger partial charge in [-0.15, -0.1) is 0 Å². The van der Waals surface area contributed by atoms with E-state index in [1.807, 2.05) is 24.0 Å². The van der Waals surface area contributed by atoms with E-state index in [0.29, 0.717) is 45.9 Å². The summed E-state index contributed by atoms with van der Waals surface area (Å²) >= 11 is 1.23. The first kappa shape index (κ1) is 26.7. The van der Waals surface area contributed by atoms with Gasteiger partial charge in [-0.3, -0.25) is 4.79 Å². The molecule has 1 aliphatic heterocycles. The molecule has 41 heavy (non-hydrogen) atoms. The Kier molecular flexibility index (Phi) is 6.25. The van der Waals surface area contributed by atoms with Gasteiger partial charge >= 0.3 is 5.97 Å². The number of anilines is 1. The lowest BCUT2D eigenvalue weighted by Crippen LogP contribution is -2.59. The molecule has 0 amide bonds. The van der Waals surface area contributed by atoms with Crippen molar-refractivity contribution in [3.8, 4) is 22.4 Å². The van der Waals surface area contributed by atoms with Gasteiger partial charge in [0.25, 0.3) is 10.0 Å². The zero-order valence-corrected chi connectivity index (χ0v) is 23.8. The van der Waals surface area contributed by atoms with Crippen LogP contribution in [0.2, 0.25) is 0 Å². The molecule has 10 heteroatoms. The van der Waals surface area contributed by atoms with E-state index in [-0.39, 0.29) is 10.4 Å². The molecule has 2 aromatic heterocycles. The molecule has 1 saturated heterocycles. The molecule has 3 aromatic carbocycles. The van der Waals surface area contributed by atoms with Crippen LogP contribution in [0.5, 0.6) is 0 Å². The quantitative estimate of drug-likeness (QED) is 0.213. The van der Waals surface area contributed by atoms with Gasteiger partial charge < -0.3 is 10.0 Å². The smallest absolute Gasteiger partial charge is 0.312 e. The highest BCUT2D eigenvalue weighted by Crippen LogP contribution is 2.48. The van der Waals surface area contributed by atoms with E-state index >= 15 is 0 Å². The summed E-state index contributed by atoms with van der Waals surface area (Å²) in [4.78, 5) is 17.4. The molecule has 0 spiro atoms. The number of benzene rings is 3. The first-order valence-electron chi connectivity index (χ1n) is 12.7. The summed E-state index contributed by atoms with van der Waals surface area (Å²) in [5.41, 5.74) is 2.85. The molecule has 0 unspecified atom stereocenters. The van der Waals surface area contributed by atoms with Crippen LogP contribution in [0.3, 0.4) is 0 Å². The number of aryl methyl sites for hydroxylation is 1. The van der Waals surface area contributed by atoms with Crippen LogP contribution in [-0.4, -0.2) is 36.6 Å². The number of carboxylic acid groups (broad SMARTS) is 1. The Morgan fingerprint density at radius 2 is 1.80 bits per heavy atom. The first-order valence-corrected chi connectivity index (χ1v) is 15.1. The Labute approximate surface area is 240 Å². The number of thiophene rings is 1. The standard InChI is InChI=1S/C31H24FN3O4S2/c1-19-7-10-23(11-8-19)41(38,39)35-26-12-9-21(32)16-25(26)27(24-13-14-40-29(24)33-3)28(35)20-5-4-6-22(15-20)34-17-31(2,18-34)30(36)37/h4-16H,17-18H2,1-2H3,(H,36,37).